The second kappa shape index (κ2) is 9.49. The first-order chi connectivity index (χ1) is 17.3. The topological polar surface area (TPSA) is 55.4 Å². The van der Waals surface area contributed by atoms with Crippen molar-refractivity contribution in [1.82, 2.24) is 5.32 Å². The molecule has 4 nitrogen and oxygen atoms in total. The van der Waals surface area contributed by atoms with Gasteiger partial charge in [-0.25, -0.2) is 4.39 Å². The highest BCUT2D eigenvalue weighted by molar-refractivity contribution is 9.11. The third kappa shape index (κ3) is 5.22. The highest BCUT2D eigenvalue weighted by Gasteiger charge is 2.46. The van der Waals surface area contributed by atoms with Crippen LogP contribution in [0.15, 0.2) is 67.9 Å². The van der Waals surface area contributed by atoms with Gasteiger partial charge in [0.1, 0.15) is 18.2 Å². The van der Waals surface area contributed by atoms with E-state index in [-0.39, 0.29) is 34.8 Å². The smallest absolute Gasteiger partial charge is 0.162 e. The van der Waals surface area contributed by atoms with Gasteiger partial charge in [-0.3, -0.25) is 9.59 Å². The van der Waals surface area contributed by atoms with Crippen LogP contribution >= 0.6 is 31.9 Å². The van der Waals surface area contributed by atoms with E-state index in [2.05, 4.69) is 64.9 Å². The van der Waals surface area contributed by atoms with Crippen molar-refractivity contribution in [2.45, 2.75) is 65.9 Å². The molecular weight excluding hydrogens is 601 g/mol. The Labute approximate surface area is 234 Å². The first-order valence-electron chi connectivity index (χ1n) is 12.5. The number of ether oxygens (including phenoxy) is 1. The molecule has 37 heavy (non-hydrogen) atoms. The maximum atomic E-state index is 13.6. The van der Waals surface area contributed by atoms with E-state index in [0.717, 1.165) is 35.4 Å². The van der Waals surface area contributed by atoms with Crippen molar-refractivity contribution in [1.29, 1.82) is 0 Å². The van der Waals surface area contributed by atoms with Crippen molar-refractivity contribution in [3.63, 3.8) is 0 Å². The quantitative estimate of drug-likeness (QED) is 0.373. The Morgan fingerprint density at radius 2 is 1.43 bits per heavy atom. The van der Waals surface area contributed by atoms with E-state index in [0.29, 0.717) is 38.7 Å². The summed E-state index contributed by atoms with van der Waals surface area (Å²) in [6, 6.07) is 10.2. The lowest BCUT2D eigenvalue weighted by Crippen LogP contribution is -2.42. The molecule has 0 bridgehead atoms. The number of dihydropyridines is 1. The summed E-state index contributed by atoms with van der Waals surface area (Å²) in [7, 11) is 0. The number of ketones is 2. The summed E-state index contributed by atoms with van der Waals surface area (Å²) < 4.78 is 21.0. The van der Waals surface area contributed by atoms with Gasteiger partial charge in [-0.2, -0.15) is 0 Å². The van der Waals surface area contributed by atoms with E-state index in [4.69, 9.17) is 4.74 Å². The van der Waals surface area contributed by atoms with E-state index in [9.17, 15) is 14.0 Å². The van der Waals surface area contributed by atoms with Crippen LogP contribution in [0.1, 0.15) is 70.4 Å². The minimum absolute atomic E-state index is 0.0895. The van der Waals surface area contributed by atoms with Crippen molar-refractivity contribution in [3.8, 4) is 5.75 Å². The zero-order valence-corrected chi connectivity index (χ0v) is 24.6. The first kappa shape index (κ1) is 26.4. The van der Waals surface area contributed by atoms with Crippen LogP contribution in [0, 0.1) is 16.6 Å². The normalized spacial score (nSPS) is 20.9. The molecule has 0 spiro atoms. The maximum absolute atomic E-state index is 13.6. The summed E-state index contributed by atoms with van der Waals surface area (Å²) in [4.78, 5) is 27.1. The van der Waals surface area contributed by atoms with Gasteiger partial charge in [0, 0.05) is 41.3 Å². The fourth-order valence-electron chi connectivity index (χ4n) is 5.89. The number of halogens is 3. The number of rotatable bonds is 4. The summed E-state index contributed by atoms with van der Waals surface area (Å²) >= 11 is 7.30. The Morgan fingerprint density at radius 1 is 0.892 bits per heavy atom. The summed E-state index contributed by atoms with van der Waals surface area (Å²) in [5, 5.41) is 3.55. The molecule has 2 aromatic rings. The predicted octanol–water partition coefficient (Wildman–Crippen LogP) is 7.90. The summed E-state index contributed by atoms with van der Waals surface area (Å²) in [6.45, 7) is 8.66. The molecule has 1 N–H and O–H groups in total. The van der Waals surface area contributed by atoms with Gasteiger partial charge in [-0.1, -0.05) is 39.8 Å². The summed E-state index contributed by atoms with van der Waals surface area (Å²) in [5.41, 5.74) is 4.58. The molecule has 0 aromatic heterocycles. The molecule has 1 heterocycles. The third-order valence-corrected chi connectivity index (χ3v) is 8.52. The lowest BCUT2D eigenvalue weighted by molar-refractivity contribution is -0.119. The highest BCUT2D eigenvalue weighted by atomic mass is 79.9. The van der Waals surface area contributed by atoms with Gasteiger partial charge in [0.05, 0.1) is 8.95 Å². The molecule has 0 radical (unpaired) electrons. The molecule has 194 valence electrons. The van der Waals surface area contributed by atoms with E-state index < -0.39 is 5.92 Å². The number of hydrogen-bond donors (Lipinski definition) is 1. The average molecular weight is 631 g/mol. The summed E-state index contributed by atoms with van der Waals surface area (Å²) in [5.74, 6) is 0.0217. The van der Waals surface area contributed by atoms with Gasteiger partial charge in [-0.05, 0) is 90.9 Å². The Balaban J connectivity index is 1.57. The Bertz CT molecular complexity index is 1310. The minimum Gasteiger partial charge on any atom is -0.487 e. The monoisotopic (exact) mass is 629 g/mol. The number of nitrogens with one attached hydrogen (secondary N) is 1. The Morgan fingerprint density at radius 3 is 1.95 bits per heavy atom. The molecule has 0 atom stereocenters. The second-order valence-electron chi connectivity index (χ2n) is 12.0. The Kier molecular flexibility index (Phi) is 6.76. The van der Waals surface area contributed by atoms with E-state index in [1.165, 1.54) is 12.1 Å². The van der Waals surface area contributed by atoms with Crippen LogP contribution in [-0.4, -0.2) is 11.6 Å². The lowest BCUT2D eigenvalue weighted by Gasteiger charge is -2.44. The van der Waals surface area contributed by atoms with E-state index in [1.807, 2.05) is 18.2 Å². The SMILES string of the molecule is CC1(C)CC(=O)C2=C(C1)NC1=C(C(=O)CC(C)(C)C1)C2c1cc(Br)c(OCc2cccc(F)c2)c(Br)c1. The van der Waals surface area contributed by atoms with Crippen molar-refractivity contribution in [2.24, 2.45) is 10.8 Å². The van der Waals surface area contributed by atoms with Crippen LogP contribution < -0.4 is 10.1 Å². The van der Waals surface area contributed by atoms with E-state index in [1.54, 1.807) is 6.07 Å². The van der Waals surface area contributed by atoms with E-state index >= 15 is 0 Å². The van der Waals surface area contributed by atoms with Gasteiger partial charge in [0.15, 0.2) is 11.6 Å². The molecule has 0 unspecified atom stereocenters. The van der Waals surface area contributed by atoms with Gasteiger partial charge in [-0.15, -0.1) is 0 Å². The standard InChI is InChI=1S/C30H30Br2FNO3/c1-29(2)11-21-26(23(35)13-29)25(27-22(34-21)12-30(3,4)14-24(27)36)17-9-19(31)28(20(32)10-17)37-15-16-6-5-7-18(33)8-16/h5-10,25,34H,11-15H2,1-4H3. The molecule has 0 saturated heterocycles. The molecule has 2 aliphatic carbocycles. The molecule has 2 aromatic carbocycles. The van der Waals surface area contributed by atoms with Crippen molar-refractivity contribution < 1.29 is 18.7 Å². The van der Waals surface area contributed by atoms with Crippen LogP contribution in [0.3, 0.4) is 0 Å². The molecular formula is C30H30Br2FNO3. The molecule has 5 rings (SSSR count). The third-order valence-electron chi connectivity index (χ3n) is 7.35. The molecule has 7 heteroatoms. The van der Waals surface area contributed by atoms with Crippen LogP contribution in [0.25, 0.3) is 0 Å². The largest absolute Gasteiger partial charge is 0.487 e. The van der Waals surface area contributed by atoms with Gasteiger partial charge >= 0.3 is 0 Å². The molecule has 0 fully saturated rings. The molecule has 0 amide bonds. The van der Waals surface area contributed by atoms with Crippen molar-refractivity contribution in [3.05, 3.63) is 84.8 Å². The lowest BCUT2D eigenvalue weighted by atomic mass is 9.64. The van der Waals surface area contributed by atoms with Gasteiger partial charge < -0.3 is 10.1 Å². The molecule has 0 saturated carbocycles. The van der Waals surface area contributed by atoms with Gasteiger partial charge in [0.2, 0.25) is 0 Å². The minimum atomic E-state index is -0.427. The second-order valence-corrected chi connectivity index (χ2v) is 13.7. The zero-order chi connectivity index (χ0) is 26.7. The van der Waals surface area contributed by atoms with Crippen LogP contribution in [0.4, 0.5) is 4.39 Å². The van der Waals surface area contributed by atoms with Crippen LogP contribution in [0.5, 0.6) is 5.75 Å². The van der Waals surface area contributed by atoms with Crippen molar-refractivity contribution in [2.75, 3.05) is 0 Å². The fraction of sp³-hybridized carbons (Fsp3) is 0.400. The number of benzene rings is 2. The maximum Gasteiger partial charge on any atom is 0.162 e. The number of Topliss-reactive ketones (excluding diaryl/α,β-unsaturated/α-hetero) is 2. The van der Waals surface area contributed by atoms with Crippen LogP contribution in [0.2, 0.25) is 0 Å². The molecule has 3 aliphatic rings. The van der Waals surface area contributed by atoms with Gasteiger partial charge in [0.25, 0.3) is 0 Å². The highest BCUT2D eigenvalue weighted by Crippen LogP contribution is 2.52. The molecule has 1 aliphatic heterocycles. The van der Waals surface area contributed by atoms with Crippen molar-refractivity contribution >= 4 is 43.4 Å². The average Bonchev–Trinajstić information content (AvgIpc) is 2.75. The zero-order valence-electron chi connectivity index (χ0n) is 21.4. The predicted molar refractivity (Wildman–Crippen MR) is 149 cm³/mol. The first-order valence-corrected chi connectivity index (χ1v) is 14.1. The number of carbonyl (C=O) groups is 2. The Hall–Kier alpha value is -2.25. The summed E-state index contributed by atoms with van der Waals surface area (Å²) in [6.07, 6.45) is 2.41. The number of carbonyl (C=O) groups excluding carboxylic acids is 2. The fourth-order valence-corrected chi connectivity index (χ4v) is 7.34. The van der Waals surface area contributed by atoms with Crippen LogP contribution in [-0.2, 0) is 16.2 Å². The number of allylic oxidation sites excluding steroid dienone is 4. The number of hydrogen-bond acceptors (Lipinski definition) is 4.